The number of hydrogen-bond acceptors (Lipinski definition) is 6. The molecule has 1 N–H and O–H groups in total. The standard InChI is InChI=1S/C26H31N7O2/c1-18-11-9-10-14-21(18)32-24(28-29-30-32)26(15-16-35-25(3,4)17-26)27-22-19(2)31(5)33(23(22)34)20-12-7-6-8-13-20/h6-14,27H,15-17H2,1-5H3/t26-/m0/s1. The molecule has 2 aromatic heterocycles. The number of anilines is 1. The number of nitrogens with one attached hydrogen (secondary N) is 1. The van der Waals surface area contributed by atoms with Gasteiger partial charge in [0.1, 0.15) is 11.2 Å². The van der Waals surface area contributed by atoms with Crippen molar-refractivity contribution in [1.82, 2.24) is 29.6 Å². The number of rotatable bonds is 5. The molecule has 0 bridgehead atoms. The lowest BCUT2D eigenvalue weighted by atomic mass is 9.80. The van der Waals surface area contributed by atoms with Crippen molar-refractivity contribution in [2.75, 3.05) is 11.9 Å². The van der Waals surface area contributed by atoms with Crippen LogP contribution >= 0.6 is 0 Å². The fraction of sp³-hybridized carbons (Fsp3) is 0.385. The second-order valence-electron chi connectivity index (χ2n) is 9.88. The second-order valence-corrected chi connectivity index (χ2v) is 9.88. The normalized spacial score (nSPS) is 19.6. The zero-order valence-corrected chi connectivity index (χ0v) is 20.8. The van der Waals surface area contributed by atoms with Crippen molar-refractivity contribution in [1.29, 1.82) is 0 Å². The highest BCUT2D eigenvalue weighted by molar-refractivity contribution is 5.53. The van der Waals surface area contributed by atoms with Crippen LogP contribution in [-0.4, -0.2) is 41.8 Å². The van der Waals surface area contributed by atoms with Crippen LogP contribution < -0.4 is 10.9 Å². The van der Waals surface area contributed by atoms with E-state index in [1.165, 1.54) is 0 Å². The van der Waals surface area contributed by atoms with Gasteiger partial charge in [-0.05, 0) is 61.9 Å². The van der Waals surface area contributed by atoms with Gasteiger partial charge in [0.15, 0.2) is 5.82 Å². The van der Waals surface area contributed by atoms with Crippen LogP contribution in [0.1, 0.15) is 43.8 Å². The van der Waals surface area contributed by atoms with Gasteiger partial charge >= 0.3 is 0 Å². The molecule has 3 heterocycles. The van der Waals surface area contributed by atoms with Crippen LogP contribution in [0.5, 0.6) is 0 Å². The summed E-state index contributed by atoms with van der Waals surface area (Å²) in [4.78, 5) is 13.8. The second kappa shape index (κ2) is 8.49. The Hall–Kier alpha value is -3.72. The molecule has 1 atom stereocenters. The molecule has 0 unspecified atom stereocenters. The van der Waals surface area contributed by atoms with Crippen molar-refractivity contribution in [2.45, 2.75) is 51.7 Å². The van der Waals surface area contributed by atoms with Gasteiger partial charge in [-0.25, -0.2) is 4.68 Å². The number of tetrazole rings is 1. The molecule has 1 fully saturated rings. The molecule has 5 rings (SSSR count). The molecule has 9 nitrogen and oxygen atoms in total. The maximum absolute atomic E-state index is 13.8. The molecule has 0 spiro atoms. The van der Waals surface area contributed by atoms with Crippen LogP contribution in [0.15, 0.2) is 59.4 Å². The number of aromatic nitrogens is 6. The van der Waals surface area contributed by atoms with Crippen LogP contribution in [0.25, 0.3) is 11.4 Å². The van der Waals surface area contributed by atoms with Crippen LogP contribution in [0.3, 0.4) is 0 Å². The van der Waals surface area contributed by atoms with Gasteiger partial charge < -0.3 is 10.1 Å². The summed E-state index contributed by atoms with van der Waals surface area (Å²) in [7, 11) is 1.90. The summed E-state index contributed by atoms with van der Waals surface area (Å²) in [6, 6.07) is 17.7. The van der Waals surface area contributed by atoms with Gasteiger partial charge in [-0.3, -0.25) is 9.48 Å². The fourth-order valence-corrected chi connectivity index (χ4v) is 5.12. The van der Waals surface area contributed by atoms with E-state index in [9.17, 15) is 4.79 Å². The fourth-order valence-electron chi connectivity index (χ4n) is 5.12. The average molecular weight is 474 g/mol. The number of aryl methyl sites for hydroxylation is 1. The van der Waals surface area contributed by atoms with E-state index in [1.807, 2.05) is 80.2 Å². The molecular formula is C26H31N7O2. The molecule has 1 aliphatic rings. The molecular weight excluding hydrogens is 442 g/mol. The molecule has 0 amide bonds. The highest BCUT2D eigenvalue weighted by Crippen LogP contribution is 2.42. The third-order valence-electron chi connectivity index (χ3n) is 6.91. The summed E-state index contributed by atoms with van der Waals surface area (Å²) < 4.78 is 11.4. The van der Waals surface area contributed by atoms with Gasteiger partial charge in [-0.2, -0.15) is 4.68 Å². The summed E-state index contributed by atoms with van der Waals surface area (Å²) in [5, 5.41) is 16.6. The van der Waals surface area contributed by atoms with Crippen molar-refractivity contribution in [3.8, 4) is 11.4 Å². The maximum atomic E-state index is 13.8. The quantitative estimate of drug-likeness (QED) is 0.476. The Kier molecular flexibility index (Phi) is 5.59. The molecule has 35 heavy (non-hydrogen) atoms. The predicted molar refractivity (Wildman–Crippen MR) is 134 cm³/mol. The Labute approximate surface area is 204 Å². The van der Waals surface area contributed by atoms with Gasteiger partial charge in [0.05, 0.1) is 22.7 Å². The zero-order chi connectivity index (χ0) is 24.8. The Bertz CT molecular complexity index is 1420. The molecule has 0 saturated carbocycles. The summed E-state index contributed by atoms with van der Waals surface area (Å²) in [6.45, 7) is 8.62. The van der Waals surface area contributed by atoms with Crippen molar-refractivity contribution in [3.63, 3.8) is 0 Å². The minimum atomic E-state index is -0.715. The van der Waals surface area contributed by atoms with Crippen LogP contribution in [-0.2, 0) is 17.3 Å². The SMILES string of the molecule is Cc1ccccc1-n1nnnc1[C@]1(Nc2c(C)n(C)n(-c3ccccc3)c2=O)CCOC(C)(C)C1. The monoisotopic (exact) mass is 473 g/mol. The Morgan fingerprint density at radius 3 is 2.46 bits per heavy atom. The lowest BCUT2D eigenvalue weighted by Gasteiger charge is -2.44. The summed E-state index contributed by atoms with van der Waals surface area (Å²) in [5.41, 5.74) is 2.87. The number of para-hydroxylation sites is 2. The van der Waals surface area contributed by atoms with Crippen molar-refractivity contribution in [3.05, 3.63) is 82.0 Å². The van der Waals surface area contributed by atoms with Gasteiger partial charge in [-0.15, -0.1) is 5.10 Å². The summed E-state index contributed by atoms with van der Waals surface area (Å²) >= 11 is 0. The van der Waals surface area contributed by atoms with E-state index < -0.39 is 11.1 Å². The first-order valence-corrected chi connectivity index (χ1v) is 11.8. The molecule has 4 aromatic rings. The predicted octanol–water partition coefficient (Wildman–Crippen LogP) is 3.66. The molecule has 0 radical (unpaired) electrons. The van der Waals surface area contributed by atoms with E-state index in [1.54, 1.807) is 9.36 Å². The molecule has 1 saturated heterocycles. The smallest absolute Gasteiger partial charge is 0.295 e. The van der Waals surface area contributed by atoms with Gasteiger partial charge in [-0.1, -0.05) is 36.4 Å². The van der Waals surface area contributed by atoms with E-state index in [4.69, 9.17) is 4.74 Å². The van der Waals surface area contributed by atoms with E-state index in [2.05, 4.69) is 34.7 Å². The first-order valence-electron chi connectivity index (χ1n) is 11.8. The first-order chi connectivity index (χ1) is 16.7. The van der Waals surface area contributed by atoms with E-state index >= 15 is 0 Å². The number of benzene rings is 2. The number of ether oxygens (including phenoxy) is 1. The van der Waals surface area contributed by atoms with Crippen LogP contribution in [0.4, 0.5) is 5.69 Å². The Morgan fingerprint density at radius 2 is 1.74 bits per heavy atom. The van der Waals surface area contributed by atoms with E-state index in [0.29, 0.717) is 31.0 Å². The maximum Gasteiger partial charge on any atom is 0.295 e. The lowest BCUT2D eigenvalue weighted by molar-refractivity contribution is -0.0787. The lowest BCUT2D eigenvalue weighted by Crippen LogP contribution is -2.50. The average Bonchev–Trinajstić information content (AvgIpc) is 3.40. The Morgan fingerprint density at radius 1 is 1.03 bits per heavy atom. The number of nitrogens with zero attached hydrogens (tertiary/aromatic N) is 6. The topological polar surface area (TPSA) is 91.8 Å². The van der Waals surface area contributed by atoms with Gasteiger partial charge in [0.2, 0.25) is 0 Å². The van der Waals surface area contributed by atoms with Crippen molar-refractivity contribution in [2.24, 2.45) is 7.05 Å². The van der Waals surface area contributed by atoms with E-state index in [-0.39, 0.29) is 5.56 Å². The largest absolute Gasteiger partial charge is 0.375 e. The highest BCUT2D eigenvalue weighted by atomic mass is 16.5. The minimum Gasteiger partial charge on any atom is -0.375 e. The van der Waals surface area contributed by atoms with Gasteiger partial charge in [0, 0.05) is 26.5 Å². The molecule has 9 heteroatoms. The van der Waals surface area contributed by atoms with Crippen molar-refractivity contribution < 1.29 is 4.74 Å². The third-order valence-corrected chi connectivity index (χ3v) is 6.91. The van der Waals surface area contributed by atoms with Crippen LogP contribution in [0.2, 0.25) is 0 Å². The zero-order valence-electron chi connectivity index (χ0n) is 20.8. The molecule has 2 aromatic carbocycles. The molecule has 0 aliphatic carbocycles. The van der Waals surface area contributed by atoms with E-state index in [0.717, 1.165) is 22.6 Å². The van der Waals surface area contributed by atoms with Crippen molar-refractivity contribution >= 4 is 5.69 Å². The summed E-state index contributed by atoms with van der Waals surface area (Å²) in [5.74, 6) is 0.664. The van der Waals surface area contributed by atoms with Crippen LogP contribution in [0, 0.1) is 13.8 Å². The Balaban J connectivity index is 1.67. The third kappa shape index (κ3) is 3.95. The molecule has 182 valence electrons. The summed E-state index contributed by atoms with van der Waals surface area (Å²) in [6.07, 6.45) is 1.20. The minimum absolute atomic E-state index is 0.116. The number of hydrogen-bond donors (Lipinski definition) is 1. The molecule has 1 aliphatic heterocycles. The first kappa shape index (κ1) is 23.0. The van der Waals surface area contributed by atoms with Gasteiger partial charge in [0.25, 0.3) is 5.56 Å². The highest BCUT2D eigenvalue weighted by Gasteiger charge is 2.47.